The van der Waals surface area contributed by atoms with Crippen molar-refractivity contribution in [3.8, 4) is 16.2 Å². The van der Waals surface area contributed by atoms with Gasteiger partial charge in [0.15, 0.2) is 0 Å². The molecule has 3 aromatic heterocycles. The molecule has 0 atom stereocenters. The van der Waals surface area contributed by atoms with Gasteiger partial charge in [0.25, 0.3) is 5.56 Å². The van der Waals surface area contributed by atoms with Crippen LogP contribution in [-0.4, -0.2) is 22.5 Å². The average Bonchev–Trinajstić information content (AvgIpc) is 3.23. The van der Waals surface area contributed by atoms with Crippen LogP contribution in [0.3, 0.4) is 0 Å². The Morgan fingerprint density at radius 1 is 1.16 bits per heavy atom. The highest BCUT2D eigenvalue weighted by molar-refractivity contribution is 7.17. The Labute approximate surface area is 182 Å². The lowest BCUT2D eigenvalue weighted by Crippen LogP contribution is -2.17. The summed E-state index contributed by atoms with van der Waals surface area (Å²) in [6.45, 7) is 1.84. The molecule has 5 rings (SSSR count). The molecule has 0 spiro atoms. The summed E-state index contributed by atoms with van der Waals surface area (Å²) in [7, 11) is 1.66. The lowest BCUT2D eigenvalue weighted by molar-refractivity contribution is 0.0473. The molecule has 0 amide bonds. The van der Waals surface area contributed by atoms with Crippen molar-refractivity contribution in [3.05, 3.63) is 86.3 Å². The van der Waals surface area contributed by atoms with E-state index < -0.39 is 5.97 Å². The molecular weight excluding hydrogens is 412 g/mol. The van der Waals surface area contributed by atoms with E-state index >= 15 is 0 Å². The lowest BCUT2D eigenvalue weighted by atomic mass is 9.91. The molecule has 0 radical (unpaired) electrons. The second kappa shape index (κ2) is 7.67. The van der Waals surface area contributed by atoms with Crippen LogP contribution in [0.4, 0.5) is 0 Å². The van der Waals surface area contributed by atoms with E-state index in [1.54, 1.807) is 19.4 Å². The summed E-state index contributed by atoms with van der Waals surface area (Å²) in [6.07, 6.45) is 3.47. The number of rotatable bonds is 4. The summed E-state index contributed by atoms with van der Waals surface area (Å²) in [4.78, 5) is 31.2. The normalized spacial score (nSPS) is 12.3. The number of pyridine rings is 1. The van der Waals surface area contributed by atoms with Gasteiger partial charge < -0.3 is 9.47 Å². The van der Waals surface area contributed by atoms with Crippen molar-refractivity contribution in [1.29, 1.82) is 0 Å². The predicted molar refractivity (Wildman–Crippen MR) is 119 cm³/mol. The van der Waals surface area contributed by atoms with E-state index in [2.05, 4.69) is 11.1 Å². The molecule has 0 fully saturated rings. The zero-order valence-corrected chi connectivity index (χ0v) is 18.0. The number of aryl methyl sites for hydroxylation is 3. The number of methoxy groups -OCH3 is 1. The van der Waals surface area contributed by atoms with Gasteiger partial charge in [0.05, 0.1) is 12.8 Å². The summed E-state index contributed by atoms with van der Waals surface area (Å²) < 4.78 is 12.3. The van der Waals surface area contributed by atoms with Crippen LogP contribution in [0.15, 0.2) is 53.5 Å². The van der Waals surface area contributed by atoms with E-state index in [0.717, 1.165) is 40.2 Å². The maximum absolute atomic E-state index is 12.7. The molecule has 6 nitrogen and oxygen atoms in total. The minimum absolute atomic E-state index is 0.0464. The van der Waals surface area contributed by atoms with E-state index in [1.807, 2.05) is 31.2 Å². The first kappa shape index (κ1) is 19.5. The zero-order chi connectivity index (χ0) is 21.5. The molecule has 31 heavy (non-hydrogen) atoms. The largest absolute Gasteiger partial charge is 0.497 e. The first-order chi connectivity index (χ1) is 15.0. The first-order valence-electron chi connectivity index (χ1n) is 9.98. The Kier molecular flexibility index (Phi) is 4.82. The molecule has 0 saturated carbocycles. The number of hydrogen-bond acceptors (Lipinski definition) is 6. The lowest BCUT2D eigenvalue weighted by Gasteiger charge is -2.16. The quantitative estimate of drug-likeness (QED) is 0.452. The van der Waals surface area contributed by atoms with Crippen LogP contribution in [0, 0.1) is 6.92 Å². The summed E-state index contributed by atoms with van der Waals surface area (Å²) in [5.74, 6) is 0.439. The molecule has 1 aromatic carbocycles. The third-order valence-electron chi connectivity index (χ3n) is 5.52. The topological polar surface area (TPSA) is 69.9 Å². The van der Waals surface area contributed by atoms with Crippen LogP contribution in [0.25, 0.3) is 16.1 Å². The van der Waals surface area contributed by atoms with Crippen molar-refractivity contribution >= 4 is 23.0 Å². The van der Waals surface area contributed by atoms with E-state index in [4.69, 9.17) is 9.47 Å². The van der Waals surface area contributed by atoms with Gasteiger partial charge in [-0.15, -0.1) is 11.3 Å². The van der Waals surface area contributed by atoms with Gasteiger partial charge in [-0.1, -0.05) is 6.07 Å². The molecule has 1 aliphatic carbocycles. The van der Waals surface area contributed by atoms with E-state index in [0.29, 0.717) is 16.2 Å². The van der Waals surface area contributed by atoms with Crippen LogP contribution >= 0.6 is 11.3 Å². The van der Waals surface area contributed by atoms with Crippen molar-refractivity contribution in [1.82, 2.24) is 9.38 Å². The maximum Gasteiger partial charge on any atom is 0.348 e. The van der Waals surface area contributed by atoms with Crippen molar-refractivity contribution in [2.75, 3.05) is 7.11 Å². The number of aromatic nitrogens is 2. The highest BCUT2D eigenvalue weighted by atomic mass is 32.1. The molecule has 7 heteroatoms. The van der Waals surface area contributed by atoms with Crippen molar-refractivity contribution in [3.63, 3.8) is 0 Å². The summed E-state index contributed by atoms with van der Waals surface area (Å²) in [5, 5.41) is 0. The fourth-order valence-electron chi connectivity index (χ4n) is 3.93. The van der Waals surface area contributed by atoms with Gasteiger partial charge in [-0.05, 0) is 72.4 Å². The minimum Gasteiger partial charge on any atom is -0.497 e. The molecule has 0 saturated heterocycles. The first-order valence-corrected chi connectivity index (χ1v) is 10.8. The second-order valence-electron chi connectivity index (χ2n) is 7.53. The maximum atomic E-state index is 12.7. The number of hydrogen-bond donors (Lipinski definition) is 0. The number of carbonyl (C=O) groups excluding carboxylic acids is 1. The Morgan fingerprint density at radius 2 is 2.00 bits per heavy atom. The summed E-state index contributed by atoms with van der Waals surface area (Å²) in [6, 6.07) is 13.1. The van der Waals surface area contributed by atoms with Gasteiger partial charge in [-0.3, -0.25) is 9.20 Å². The van der Waals surface area contributed by atoms with Crippen LogP contribution in [0.1, 0.15) is 32.1 Å². The summed E-state index contributed by atoms with van der Waals surface area (Å²) in [5.41, 5.74) is 5.22. The fraction of sp³-hybridized carbons (Fsp3) is 0.208. The standard InChI is InChI=1S/C24H20N2O4S/c1-14-4-3-9-26-21(27)12-17(25-23(14)26)13-30-24(28)20-11-16-6-5-15-10-18(29-2)7-8-19(15)22(16)31-20/h3-4,7-12H,5-6,13H2,1-2H3. The highest BCUT2D eigenvalue weighted by Gasteiger charge is 2.23. The Bertz CT molecular complexity index is 1390. The fourth-order valence-corrected chi connectivity index (χ4v) is 5.10. The molecule has 0 unspecified atom stereocenters. The van der Waals surface area contributed by atoms with Crippen LogP contribution < -0.4 is 10.3 Å². The molecule has 0 bridgehead atoms. The monoisotopic (exact) mass is 432 g/mol. The van der Waals surface area contributed by atoms with Gasteiger partial charge in [0.2, 0.25) is 0 Å². The van der Waals surface area contributed by atoms with E-state index in [1.165, 1.54) is 27.4 Å². The molecule has 0 aliphatic heterocycles. The SMILES string of the molecule is COc1ccc2c(c1)CCc1cc(C(=O)OCc3cc(=O)n4cccc(C)c4n3)sc1-2. The molecule has 4 aromatic rings. The van der Waals surface area contributed by atoms with Crippen molar-refractivity contribution in [2.24, 2.45) is 0 Å². The predicted octanol–water partition coefficient (Wildman–Crippen LogP) is 4.20. The molecule has 156 valence electrons. The van der Waals surface area contributed by atoms with Gasteiger partial charge in [0, 0.05) is 17.1 Å². The molecular formula is C24H20N2O4S. The minimum atomic E-state index is -0.402. The Morgan fingerprint density at radius 3 is 2.84 bits per heavy atom. The Balaban J connectivity index is 1.38. The third kappa shape index (κ3) is 3.51. The number of carbonyl (C=O) groups is 1. The van der Waals surface area contributed by atoms with Crippen LogP contribution in [-0.2, 0) is 24.2 Å². The zero-order valence-electron chi connectivity index (χ0n) is 17.2. The number of fused-ring (bicyclic) bond motifs is 4. The second-order valence-corrected chi connectivity index (χ2v) is 8.59. The van der Waals surface area contributed by atoms with Crippen LogP contribution in [0.2, 0.25) is 0 Å². The number of benzene rings is 1. The third-order valence-corrected chi connectivity index (χ3v) is 6.71. The van der Waals surface area contributed by atoms with Gasteiger partial charge in [-0.25, -0.2) is 9.78 Å². The van der Waals surface area contributed by atoms with E-state index in [-0.39, 0.29) is 12.2 Å². The number of esters is 1. The van der Waals surface area contributed by atoms with Crippen molar-refractivity contribution < 1.29 is 14.3 Å². The molecule has 0 N–H and O–H groups in total. The molecule has 3 heterocycles. The smallest absolute Gasteiger partial charge is 0.348 e. The van der Waals surface area contributed by atoms with Crippen LogP contribution in [0.5, 0.6) is 5.75 Å². The van der Waals surface area contributed by atoms with Gasteiger partial charge in [-0.2, -0.15) is 0 Å². The van der Waals surface area contributed by atoms with Gasteiger partial charge in [0.1, 0.15) is 22.9 Å². The van der Waals surface area contributed by atoms with E-state index in [9.17, 15) is 9.59 Å². The summed E-state index contributed by atoms with van der Waals surface area (Å²) >= 11 is 1.44. The number of nitrogens with zero attached hydrogens (tertiary/aromatic N) is 2. The average molecular weight is 433 g/mol. The number of thiophene rings is 1. The highest BCUT2D eigenvalue weighted by Crippen LogP contribution is 2.41. The van der Waals surface area contributed by atoms with Gasteiger partial charge >= 0.3 is 5.97 Å². The number of ether oxygens (including phenoxy) is 2. The van der Waals surface area contributed by atoms with Crippen molar-refractivity contribution in [2.45, 2.75) is 26.4 Å². The molecule has 1 aliphatic rings. The Hall–Kier alpha value is -3.45.